The molecule has 0 heterocycles. The van der Waals surface area contributed by atoms with Crippen LogP contribution in [0.3, 0.4) is 0 Å². The summed E-state index contributed by atoms with van der Waals surface area (Å²) in [7, 11) is 0. The van der Waals surface area contributed by atoms with Gasteiger partial charge < -0.3 is 9.84 Å². The van der Waals surface area contributed by atoms with Gasteiger partial charge in [-0.1, -0.05) is 24.8 Å². The fraction of sp³-hybridized carbons (Fsp3) is 0.0625. The van der Waals surface area contributed by atoms with Crippen molar-refractivity contribution in [2.45, 2.75) is 6.36 Å². The highest BCUT2D eigenvalue weighted by molar-refractivity contribution is 5.78. The van der Waals surface area contributed by atoms with Crippen LogP contribution in [-0.2, 0) is 4.79 Å². The quantitative estimate of drug-likeness (QED) is 0.611. The summed E-state index contributed by atoms with van der Waals surface area (Å²) in [5.41, 5.74) is 1.11. The smallest absolute Gasteiger partial charge is 0.478 e. The zero-order chi connectivity index (χ0) is 18.0. The molecule has 0 aromatic heterocycles. The number of nitrogens with zero attached hydrogens (tertiary/aromatic N) is 2. The molecule has 0 atom stereocenters. The predicted molar refractivity (Wildman–Crippen MR) is 81.6 cm³/mol. The van der Waals surface area contributed by atoms with Crippen molar-refractivity contribution in [3.05, 3.63) is 67.3 Å². The fourth-order valence-corrected chi connectivity index (χ4v) is 1.32. The molecule has 0 unspecified atom stereocenters. The van der Waals surface area contributed by atoms with Crippen molar-refractivity contribution < 1.29 is 27.8 Å². The molecule has 0 aliphatic rings. The Morgan fingerprint density at radius 1 is 1.00 bits per heavy atom. The molecule has 0 aliphatic heterocycles. The van der Waals surface area contributed by atoms with E-state index in [0.29, 0.717) is 11.4 Å². The minimum atomic E-state index is -4.69. The van der Waals surface area contributed by atoms with Gasteiger partial charge in [-0.25, -0.2) is 4.79 Å². The largest absolute Gasteiger partial charge is 0.573 e. The van der Waals surface area contributed by atoms with Crippen LogP contribution in [0.15, 0.2) is 77.5 Å². The van der Waals surface area contributed by atoms with Gasteiger partial charge in [-0.2, -0.15) is 10.2 Å². The summed E-state index contributed by atoms with van der Waals surface area (Å²) >= 11 is 0. The Balaban J connectivity index is 0.000000505. The first-order valence-electron chi connectivity index (χ1n) is 6.48. The molecule has 0 radical (unpaired) electrons. The molecular formula is C16H13F3N2O3. The Bertz CT molecular complexity index is 684. The Morgan fingerprint density at radius 2 is 1.46 bits per heavy atom. The molecule has 2 aromatic carbocycles. The number of alkyl halides is 3. The van der Waals surface area contributed by atoms with Gasteiger partial charge in [-0.3, -0.25) is 0 Å². The molecule has 2 rings (SSSR count). The second-order valence-electron chi connectivity index (χ2n) is 4.12. The maximum absolute atomic E-state index is 11.9. The second kappa shape index (κ2) is 9.09. The number of azo groups is 1. The van der Waals surface area contributed by atoms with E-state index in [1.807, 2.05) is 18.2 Å². The van der Waals surface area contributed by atoms with Crippen molar-refractivity contribution in [1.82, 2.24) is 0 Å². The monoisotopic (exact) mass is 338 g/mol. The van der Waals surface area contributed by atoms with Crippen LogP contribution >= 0.6 is 0 Å². The number of ether oxygens (including phenoxy) is 1. The summed E-state index contributed by atoms with van der Waals surface area (Å²) in [6.07, 6.45) is -3.85. The van der Waals surface area contributed by atoms with Crippen LogP contribution in [0.4, 0.5) is 24.5 Å². The maximum Gasteiger partial charge on any atom is 0.573 e. The van der Waals surface area contributed by atoms with E-state index in [2.05, 4.69) is 21.5 Å². The van der Waals surface area contributed by atoms with Crippen molar-refractivity contribution >= 4 is 17.3 Å². The van der Waals surface area contributed by atoms with Crippen LogP contribution in [0.25, 0.3) is 0 Å². The van der Waals surface area contributed by atoms with Crippen molar-refractivity contribution in [3.8, 4) is 5.75 Å². The minimum Gasteiger partial charge on any atom is -0.478 e. The second-order valence-corrected chi connectivity index (χ2v) is 4.12. The number of carboxylic acid groups (broad SMARTS) is 1. The van der Waals surface area contributed by atoms with E-state index in [1.54, 1.807) is 12.1 Å². The van der Waals surface area contributed by atoms with E-state index in [9.17, 15) is 18.0 Å². The summed E-state index contributed by atoms with van der Waals surface area (Å²) in [5.74, 6) is -1.27. The van der Waals surface area contributed by atoms with Crippen molar-refractivity contribution in [3.63, 3.8) is 0 Å². The summed E-state index contributed by atoms with van der Waals surface area (Å²) in [6, 6.07) is 14.2. The van der Waals surface area contributed by atoms with Gasteiger partial charge in [0.05, 0.1) is 11.4 Å². The third-order valence-electron chi connectivity index (χ3n) is 2.28. The van der Waals surface area contributed by atoms with Gasteiger partial charge in [0.25, 0.3) is 0 Å². The molecule has 0 bridgehead atoms. The first-order chi connectivity index (χ1) is 11.3. The molecule has 0 aliphatic carbocycles. The number of halogens is 3. The van der Waals surface area contributed by atoms with Crippen LogP contribution in [0.2, 0.25) is 0 Å². The number of carbonyl (C=O) groups is 1. The molecule has 1 N–H and O–H groups in total. The lowest BCUT2D eigenvalue weighted by Gasteiger charge is -2.07. The Morgan fingerprint density at radius 3 is 1.88 bits per heavy atom. The van der Waals surface area contributed by atoms with Gasteiger partial charge in [0.2, 0.25) is 0 Å². The van der Waals surface area contributed by atoms with Gasteiger partial charge in [-0.15, -0.1) is 13.2 Å². The third-order valence-corrected chi connectivity index (χ3v) is 2.28. The molecule has 0 saturated carbocycles. The normalized spacial score (nSPS) is 10.6. The van der Waals surface area contributed by atoms with Gasteiger partial charge in [0.15, 0.2) is 0 Å². The SMILES string of the molecule is C=CC(=O)O.FC(F)(F)Oc1ccc(N=Nc2ccccc2)cc1. The molecular weight excluding hydrogens is 325 g/mol. The van der Waals surface area contributed by atoms with Gasteiger partial charge in [0, 0.05) is 6.08 Å². The van der Waals surface area contributed by atoms with Crippen LogP contribution in [0.1, 0.15) is 0 Å². The average molecular weight is 338 g/mol. The van der Waals surface area contributed by atoms with Crippen molar-refractivity contribution in [1.29, 1.82) is 0 Å². The number of carboxylic acids is 1. The predicted octanol–water partition coefficient (Wildman–Crippen LogP) is 5.26. The first-order valence-corrected chi connectivity index (χ1v) is 6.48. The van der Waals surface area contributed by atoms with Gasteiger partial charge >= 0.3 is 12.3 Å². The van der Waals surface area contributed by atoms with Crippen LogP contribution in [-0.4, -0.2) is 17.4 Å². The molecule has 0 fully saturated rings. The Kier molecular flexibility index (Phi) is 7.15. The van der Waals surface area contributed by atoms with Crippen LogP contribution in [0.5, 0.6) is 5.75 Å². The minimum absolute atomic E-state index is 0.286. The zero-order valence-electron chi connectivity index (χ0n) is 12.3. The van der Waals surface area contributed by atoms with Crippen LogP contribution < -0.4 is 4.74 Å². The Hall–Kier alpha value is -3.16. The van der Waals surface area contributed by atoms with Gasteiger partial charge in [0.1, 0.15) is 5.75 Å². The highest BCUT2D eigenvalue weighted by Crippen LogP contribution is 2.25. The topological polar surface area (TPSA) is 71.2 Å². The summed E-state index contributed by atoms with van der Waals surface area (Å²) in [6.45, 7) is 2.96. The average Bonchev–Trinajstić information content (AvgIpc) is 2.54. The molecule has 24 heavy (non-hydrogen) atoms. The number of rotatable bonds is 4. The van der Waals surface area contributed by atoms with E-state index < -0.39 is 12.3 Å². The number of hydrogen-bond donors (Lipinski definition) is 1. The lowest BCUT2D eigenvalue weighted by molar-refractivity contribution is -0.274. The van der Waals surface area contributed by atoms with E-state index in [0.717, 1.165) is 6.08 Å². The number of aliphatic carboxylic acids is 1. The standard InChI is InChI=1S/C13H9F3N2O.C3H4O2/c14-13(15,16)19-12-8-6-11(7-9-12)18-17-10-4-2-1-3-5-10;1-2-3(4)5/h1-9H;2H,1H2,(H,4,5). The van der Waals surface area contributed by atoms with E-state index >= 15 is 0 Å². The molecule has 8 heteroatoms. The highest BCUT2D eigenvalue weighted by Gasteiger charge is 2.30. The summed E-state index contributed by atoms with van der Waals surface area (Å²) in [4.78, 5) is 9.25. The van der Waals surface area contributed by atoms with Crippen molar-refractivity contribution in [2.75, 3.05) is 0 Å². The van der Waals surface area contributed by atoms with E-state index in [1.165, 1.54) is 24.3 Å². The molecule has 0 saturated heterocycles. The number of benzene rings is 2. The highest BCUT2D eigenvalue weighted by atomic mass is 19.4. The van der Waals surface area contributed by atoms with Crippen molar-refractivity contribution in [2.24, 2.45) is 10.2 Å². The fourth-order valence-electron chi connectivity index (χ4n) is 1.32. The van der Waals surface area contributed by atoms with E-state index in [-0.39, 0.29) is 5.75 Å². The molecule has 126 valence electrons. The summed E-state index contributed by atoms with van der Waals surface area (Å²) < 4.78 is 39.6. The summed E-state index contributed by atoms with van der Waals surface area (Å²) in [5, 5.41) is 15.4. The van der Waals surface area contributed by atoms with Gasteiger partial charge in [-0.05, 0) is 36.4 Å². The lowest BCUT2D eigenvalue weighted by Crippen LogP contribution is -2.16. The lowest BCUT2D eigenvalue weighted by atomic mass is 10.3. The Labute approximate surface area is 135 Å². The first kappa shape index (κ1) is 18.9. The maximum atomic E-state index is 11.9. The molecule has 0 spiro atoms. The molecule has 5 nitrogen and oxygen atoms in total. The zero-order valence-corrected chi connectivity index (χ0v) is 12.3. The van der Waals surface area contributed by atoms with Crippen LogP contribution in [0, 0.1) is 0 Å². The molecule has 0 amide bonds. The third kappa shape index (κ3) is 8.32. The molecule has 2 aromatic rings. The van der Waals surface area contributed by atoms with E-state index in [4.69, 9.17) is 5.11 Å². The number of hydrogen-bond acceptors (Lipinski definition) is 4.